The van der Waals surface area contributed by atoms with E-state index in [2.05, 4.69) is 10.2 Å². The number of aromatic nitrogens is 3. The van der Waals surface area contributed by atoms with Gasteiger partial charge in [-0.15, -0.1) is 10.2 Å². The van der Waals surface area contributed by atoms with Crippen LogP contribution in [0, 0.1) is 23.5 Å². The van der Waals surface area contributed by atoms with Crippen molar-refractivity contribution in [2.24, 2.45) is 11.8 Å². The molecule has 2 fully saturated rings. The lowest BCUT2D eigenvalue weighted by Gasteiger charge is -2.31. The maximum atomic E-state index is 15.1. The normalized spacial score (nSPS) is 23.4. The summed E-state index contributed by atoms with van der Waals surface area (Å²) in [5.41, 5.74) is -0.186. The Morgan fingerprint density at radius 3 is 2.28 bits per heavy atom. The van der Waals surface area contributed by atoms with E-state index in [1.807, 2.05) is 10.6 Å². The Labute approximate surface area is 208 Å². The van der Waals surface area contributed by atoms with Crippen LogP contribution in [0.1, 0.15) is 17.2 Å². The zero-order valence-corrected chi connectivity index (χ0v) is 19.6. The summed E-state index contributed by atoms with van der Waals surface area (Å²) in [5, 5.41) is 7.64. The first kappa shape index (κ1) is 23.1. The Bertz CT molecular complexity index is 1330. The smallest absolute Gasteiger partial charge is 0.368 e. The number of hydrogen-bond donors (Lipinski definition) is 0. The zero-order chi connectivity index (χ0) is 25.0. The van der Waals surface area contributed by atoms with Crippen LogP contribution in [0.15, 0.2) is 73.0 Å². The van der Waals surface area contributed by atoms with E-state index in [-0.39, 0.29) is 17.3 Å². The van der Waals surface area contributed by atoms with Gasteiger partial charge in [-0.05, 0) is 35.7 Å². The molecular formula is C25H20F5N5S. The van der Waals surface area contributed by atoms with Crippen LogP contribution in [0.3, 0.4) is 0 Å². The van der Waals surface area contributed by atoms with E-state index >= 15 is 8.78 Å². The van der Waals surface area contributed by atoms with Crippen LogP contribution in [0.25, 0.3) is 4.91 Å². The Balaban J connectivity index is 1.21. The Kier molecular flexibility index (Phi) is 5.55. The van der Waals surface area contributed by atoms with Crippen molar-refractivity contribution in [1.82, 2.24) is 19.1 Å². The number of allylic oxidation sites excluding steroid dienone is 3. The monoisotopic (exact) mass is 517 g/mol. The minimum Gasteiger partial charge on any atom is -0.368 e. The van der Waals surface area contributed by atoms with E-state index < -0.39 is 30.1 Å². The topological polar surface area (TPSA) is 37.2 Å². The maximum absolute atomic E-state index is 15.1. The van der Waals surface area contributed by atoms with Crippen LogP contribution in [0.2, 0.25) is 0 Å². The Hall–Kier alpha value is -3.34. The first-order valence-electron chi connectivity index (χ1n) is 11.4. The van der Waals surface area contributed by atoms with Crippen LogP contribution in [0.4, 0.5) is 27.6 Å². The van der Waals surface area contributed by atoms with Gasteiger partial charge in [0.05, 0.1) is 12.2 Å². The van der Waals surface area contributed by atoms with Crippen molar-refractivity contribution in [2.45, 2.75) is 18.8 Å². The van der Waals surface area contributed by atoms with E-state index in [0.717, 1.165) is 40.0 Å². The molecule has 6 rings (SSSR count). The number of nitrogens with zero attached hydrogens (tertiary/aromatic N) is 5. The predicted octanol–water partition coefficient (Wildman–Crippen LogP) is 5.81. The number of hydrogen-bond acceptors (Lipinski definition) is 5. The first-order valence-corrected chi connectivity index (χ1v) is 12.1. The van der Waals surface area contributed by atoms with Crippen molar-refractivity contribution >= 4 is 22.5 Å². The van der Waals surface area contributed by atoms with Crippen LogP contribution >= 0.6 is 11.9 Å². The molecule has 0 unspecified atom stereocenters. The molecule has 186 valence electrons. The molecule has 0 N–H and O–H groups in total. The highest BCUT2D eigenvalue weighted by atomic mass is 32.2. The molecule has 3 aromatic rings. The largest absolute Gasteiger partial charge is 0.431 e. The number of benzene rings is 2. The van der Waals surface area contributed by atoms with E-state index in [1.54, 1.807) is 41.8 Å². The first-order chi connectivity index (χ1) is 17.3. The van der Waals surface area contributed by atoms with Gasteiger partial charge in [0.15, 0.2) is 0 Å². The molecule has 0 amide bonds. The molecule has 0 radical (unpaired) electrons. The fourth-order valence-electron chi connectivity index (χ4n) is 5.13. The molecular weight excluding hydrogens is 497 g/mol. The lowest BCUT2D eigenvalue weighted by atomic mass is 10.1. The van der Waals surface area contributed by atoms with Gasteiger partial charge in [0, 0.05) is 47.5 Å². The highest BCUT2D eigenvalue weighted by Gasteiger charge is 2.57. The summed E-state index contributed by atoms with van der Waals surface area (Å²) in [6, 6.07) is 11.3. The standard InChI is InChI=1S/C25H20F5N5S/c26-19-9-21(33-11-17-18(12-33)24(17)34-13-31-32-14-34)20(27)8-16(19)10-35-23(25(28,29)30)7-6-22(36-35)15-4-2-1-3-5-15/h1-9,13-14,17-18,24H,10-12H2/t17-,18-/m0/s1. The fourth-order valence-corrected chi connectivity index (χ4v) is 6.21. The van der Waals surface area contributed by atoms with Crippen LogP contribution in [0.5, 0.6) is 0 Å². The van der Waals surface area contributed by atoms with Crippen molar-refractivity contribution in [3.05, 3.63) is 95.7 Å². The average molecular weight is 518 g/mol. The van der Waals surface area contributed by atoms with E-state index in [0.29, 0.717) is 29.8 Å². The highest BCUT2D eigenvalue weighted by molar-refractivity contribution is 8.06. The second kappa shape index (κ2) is 8.65. The molecule has 3 heterocycles. The summed E-state index contributed by atoms with van der Waals surface area (Å²) in [5.74, 6) is -0.779. The molecule has 2 aromatic carbocycles. The summed E-state index contributed by atoms with van der Waals surface area (Å²) in [4.78, 5) is 2.38. The van der Waals surface area contributed by atoms with Crippen LogP contribution in [-0.2, 0) is 6.54 Å². The Morgan fingerprint density at radius 1 is 0.917 bits per heavy atom. The van der Waals surface area contributed by atoms with Gasteiger partial charge in [-0.3, -0.25) is 0 Å². The quantitative estimate of drug-likeness (QED) is 0.315. The molecule has 36 heavy (non-hydrogen) atoms. The predicted molar refractivity (Wildman–Crippen MR) is 126 cm³/mol. The van der Waals surface area contributed by atoms with Gasteiger partial charge in [-0.2, -0.15) is 13.2 Å². The molecule has 1 aliphatic carbocycles. The molecule has 1 aromatic heterocycles. The number of alkyl halides is 3. The third-order valence-corrected chi connectivity index (χ3v) is 8.03. The molecule has 1 saturated carbocycles. The summed E-state index contributed by atoms with van der Waals surface area (Å²) in [7, 11) is 0. The zero-order valence-electron chi connectivity index (χ0n) is 18.7. The molecule has 2 aliphatic heterocycles. The summed E-state index contributed by atoms with van der Waals surface area (Å²) >= 11 is 0.858. The number of piperidine rings is 1. The number of anilines is 1. The molecule has 0 spiro atoms. The molecule has 1 saturated heterocycles. The van der Waals surface area contributed by atoms with Gasteiger partial charge in [-0.1, -0.05) is 30.3 Å². The minimum atomic E-state index is -4.64. The summed E-state index contributed by atoms with van der Waals surface area (Å²) < 4.78 is 74.3. The van der Waals surface area contributed by atoms with Gasteiger partial charge < -0.3 is 13.8 Å². The van der Waals surface area contributed by atoms with Gasteiger partial charge >= 0.3 is 6.18 Å². The third-order valence-electron chi connectivity index (χ3n) is 6.92. The lowest BCUT2D eigenvalue weighted by molar-refractivity contribution is -0.104. The van der Waals surface area contributed by atoms with Gasteiger partial charge in [-0.25, -0.2) is 8.78 Å². The van der Waals surface area contributed by atoms with Gasteiger partial charge in [0.25, 0.3) is 0 Å². The number of rotatable bonds is 5. The van der Waals surface area contributed by atoms with Gasteiger partial charge in [0.1, 0.15) is 30.0 Å². The second-order valence-electron chi connectivity index (χ2n) is 9.10. The lowest BCUT2D eigenvalue weighted by Crippen LogP contribution is -2.29. The average Bonchev–Trinajstić information content (AvgIpc) is 3.23. The van der Waals surface area contributed by atoms with E-state index in [4.69, 9.17) is 0 Å². The fraction of sp³-hybridized carbons (Fsp3) is 0.280. The van der Waals surface area contributed by atoms with Gasteiger partial charge in [0.2, 0.25) is 0 Å². The minimum absolute atomic E-state index is 0.133. The van der Waals surface area contributed by atoms with E-state index in [1.165, 1.54) is 6.08 Å². The van der Waals surface area contributed by atoms with Crippen LogP contribution in [-0.4, -0.2) is 38.3 Å². The molecule has 0 bridgehead atoms. The van der Waals surface area contributed by atoms with Crippen LogP contribution < -0.4 is 4.90 Å². The van der Waals surface area contributed by atoms with E-state index in [9.17, 15) is 13.2 Å². The van der Waals surface area contributed by atoms with Crippen molar-refractivity contribution in [3.8, 4) is 0 Å². The molecule has 3 aliphatic rings. The van der Waals surface area contributed by atoms with Crippen molar-refractivity contribution in [3.63, 3.8) is 0 Å². The second-order valence-corrected chi connectivity index (χ2v) is 10.2. The van der Waals surface area contributed by atoms with Crippen molar-refractivity contribution in [2.75, 3.05) is 18.0 Å². The summed E-state index contributed by atoms with van der Waals surface area (Å²) in [6.45, 7) is 0.693. The maximum Gasteiger partial charge on any atom is 0.431 e. The summed E-state index contributed by atoms with van der Waals surface area (Å²) in [6.07, 6.45) is 1.04. The molecule has 11 heteroatoms. The molecule has 5 nitrogen and oxygen atoms in total. The Morgan fingerprint density at radius 2 is 1.61 bits per heavy atom. The molecule has 2 atom stereocenters. The SMILES string of the molecule is Fc1cc(N2C[C@@H]3C(n4cnnc4)[C@H]3C2)c(F)cc1CN1SC(c2ccccc2)=CC=C1C(F)(F)F. The number of fused-ring (bicyclic) bond motifs is 1. The third kappa shape index (κ3) is 4.15. The van der Waals surface area contributed by atoms with Crippen molar-refractivity contribution in [1.29, 1.82) is 0 Å². The van der Waals surface area contributed by atoms with Crippen molar-refractivity contribution < 1.29 is 22.0 Å². The number of halogens is 5. The highest BCUT2D eigenvalue weighted by Crippen LogP contribution is 2.56.